The van der Waals surface area contributed by atoms with E-state index in [-0.39, 0.29) is 0 Å². The van der Waals surface area contributed by atoms with Crippen molar-refractivity contribution >= 4 is 32.9 Å². The predicted molar refractivity (Wildman–Crippen MR) is 72.7 cm³/mol. The lowest BCUT2D eigenvalue weighted by atomic mass is 10.2. The van der Waals surface area contributed by atoms with Gasteiger partial charge in [0.15, 0.2) is 0 Å². The normalized spacial score (nSPS) is 16.8. The average Bonchev–Trinajstić information content (AvgIpc) is 2.93. The molecule has 1 aromatic carbocycles. The van der Waals surface area contributed by atoms with E-state index in [1.165, 1.54) is 25.7 Å². The van der Waals surface area contributed by atoms with Gasteiger partial charge in [-0.25, -0.2) is 10.8 Å². The summed E-state index contributed by atoms with van der Waals surface area (Å²) < 4.78 is 3.32. The van der Waals surface area contributed by atoms with Crippen LogP contribution in [0, 0.1) is 0 Å². The molecule has 1 saturated carbocycles. The minimum absolute atomic E-state index is 0.528. The second-order valence-corrected chi connectivity index (χ2v) is 5.44. The highest BCUT2D eigenvalue weighted by Gasteiger charge is 2.22. The maximum Gasteiger partial charge on any atom is 0.218 e. The van der Waals surface area contributed by atoms with E-state index in [2.05, 4.69) is 37.0 Å². The monoisotopic (exact) mass is 294 g/mol. The Bertz CT molecular complexity index is 543. The summed E-state index contributed by atoms with van der Waals surface area (Å²) in [6.45, 7) is 0. The molecule has 0 unspecified atom stereocenters. The van der Waals surface area contributed by atoms with Crippen molar-refractivity contribution in [3.63, 3.8) is 0 Å². The summed E-state index contributed by atoms with van der Waals surface area (Å²) >= 11 is 3.51. The summed E-state index contributed by atoms with van der Waals surface area (Å²) in [6.07, 6.45) is 5.02. The van der Waals surface area contributed by atoms with Gasteiger partial charge in [0.2, 0.25) is 5.95 Å². The number of halogens is 1. The molecule has 0 amide bonds. The van der Waals surface area contributed by atoms with Gasteiger partial charge in [0.05, 0.1) is 11.0 Å². The molecule has 5 heteroatoms. The van der Waals surface area contributed by atoms with Gasteiger partial charge in [-0.1, -0.05) is 28.8 Å². The third kappa shape index (κ3) is 1.83. The molecule has 0 atom stereocenters. The molecule has 0 bridgehead atoms. The number of hydrogen-bond acceptors (Lipinski definition) is 3. The van der Waals surface area contributed by atoms with Crippen LogP contribution in [-0.4, -0.2) is 9.55 Å². The molecule has 90 valence electrons. The molecule has 0 saturated heterocycles. The second-order valence-electron chi connectivity index (χ2n) is 4.52. The van der Waals surface area contributed by atoms with Crippen LogP contribution in [0.4, 0.5) is 5.95 Å². The summed E-state index contributed by atoms with van der Waals surface area (Å²) in [6, 6.07) is 6.67. The third-order valence-electron chi connectivity index (χ3n) is 3.47. The van der Waals surface area contributed by atoms with Crippen molar-refractivity contribution in [3.8, 4) is 0 Å². The highest BCUT2D eigenvalue weighted by molar-refractivity contribution is 9.10. The van der Waals surface area contributed by atoms with Crippen LogP contribution in [0.5, 0.6) is 0 Å². The maximum absolute atomic E-state index is 5.58. The van der Waals surface area contributed by atoms with E-state index in [9.17, 15) is 0 Å². The summed E-state index contributed by atoms with van der Waals surface area (Å²) in [4.78, 5) is 4.52. The summed E-state index contributed by atoms with van der Waals surface area (Å²) in [5.74, 6) is 6.34. The lowest BCUT2D eigenvalue weighted by Gasteiger charge is -2.15. The van der Waals surface area contributed by atoms with Crippen LogP contribution in [0.25, 0.3) is 11.0 Å². The van der Waals surface area contributed by atoms with Gasteiger partial charge in [-0.15, -0.1) is 0 Å². The molecule has 3 N–H and O–H groups in total. The number of rotatable bonds is 2. The highest BCUT2D eigenvalue weighted by atomic mass is 79.9. The number of nitrogens with two attached hydrogens (primary N) is 1. The van der Waals surface area contributed by atoms with Gasteiger partial charge in [-0.05, 0) is 31.0 Å². The molecule has 4 nitrogen and oxygen atoms in total. The van der Waals surface area contributed by atoms with Crippen LogP contribution >= 0.6 is 15.9 Å². The summed E-state index contributed by atoms with van der Waals surface area (Å²) in [5.41, 5.74) is 4.86. The topological polar surface area (TPSA) is 55.9 Å². The van der Waals surface area contributed by atoms with Gasteiger partial charge < -0.3 is 4.57 Å². The first-order valence-corrected chi connectivity index (χ1v) is 6.73. The second kappa shape index (κ2) is 4.31. The number of imidazole rings is 1. The number of aromatic nitrogens is 2. The molecular formula is C12H15BrN4. The first kappa shape index (κ1) is 11.0. The first-order valence-electron chi connectivity index (χ1n) is 5.93. The number of fused-ring (bicyclic) bond motifs is 1. The largest absolute Gasteiger partial charge is 0.306 e. The number of nitrogens with one attached hydrogen (secondary N) is 1. The molecule has 1 aromatic heterocycles. The molecule has 1 aliphatic carbocycles. The van der Waals surface area contributed by atoms with E-state index in [1.54, 1.807) is 0 Å². The number of benzene rings is 1. The smallest absolute Gasteiger partial charge is 0.218 e. The number of nitrogens with zero attached hydrogens (tertiary/aromatic N) is 2. The van der Waals surface area contributed by atoms with Gasteiger partial charge >= 0.3 is 0 Å². The summed E-state index contributed by atoms with van der Waals surface area (Å²) in [7, 11) is 0. The molecule has 3 rings (SSSR count). The van der Waals surface area contributed by atoms with E-state index in [0.29, 0.717) is 6.04 Å². The van der Waals surface area contributed by atoms with Crippen LogP contribution in [-0.2, 0) is 0 Å². The molecule has 0 aliphatic heterocycles. The lowest BCUT2D eigenvalue weighted by Crippen LogP contribution is -2.15. The van der Waals surface area contributed by atoms with Crippen LogP contribution < -0.4 is 11.3 Å². The molecule has 1 fully saturated rings. The Morgan fingerprint density at radius 1 is 1.35 bits per heavy atom. The zero-order valence-corrected chi connectivity index (χ0v) is 11.1. The molecular weight excluding hydrogens is 280 g/mol. The number of hydrazine groups is 1. The quantitative estimate of drug-likeness (QED) is 0.661. The van der Waals surface area contributed by atoms with Gasteiger partial charge in [0.25, 0.3) is 0 Å². The molecule has 0 radical (unpaired) electrons. The Labute approximate surface area is 108 Å². The van der Waals surface area contributed by atoms with Crippen LogP contribution in [0.1, 0.15) is 31.7 Å². The van der Waals surface area contributed by atoms with E-state index < -0.39 is 0 Å². The lowest BCUT2D eigenvalue weighted by molar-refractivity contribution is 0.537. The Balaban J connectivity index is 2.20. The zero-order chi connectivity index (χ0) is 11.8. The van der Waals surface area contributed by atoms with Crippen molar-refractivity contribution < 1.29 is 0 Å². The third-order valence-corrected chi connectivity index (χ3v) is 3.96. The van der Waals surface area contributed by atoms with E-state index in [4.69, 9.17) is 5.84 Å². The Kier molecular flexibility index (Phi) is 2.80. The minimum Gasteiger partial charge on any atom is -0.306 e. The van der Waals surface area contributed by atoms with Gasteiger partial charge in [-0.3, -0.25) is 5.43 Å². The minimum atomic E-state index is 0.528. The standard InChI is InChI=1S/C12H15BrN4/c13-8-5-6-10-11(7-8)17(12(15-10)16-14)9-3-1-2-4-9/h5-7,9H,1-4,14H2,(H,15,16). The van der Waals surface area contributed by atoms with E-state index >= 15 is 0 Å². The van der Waals surface area contributed by atoms with Crippen molar-refractivity contribution in [2.75, 3.05) is 5.43 Å². The van der Waals surface area contributed by atoms with Crippen molar-refractivity contribution in [1.29, 1.82) is 0 Å². The van der Waals surface area contributed by atoms with Crippen molar-refractivity contribution in [3.05, 3.63) is 22.7 Å². The van der Waals surface area contributed by atoms with E-state index in [1.807, 2.05) is 12.1 Å². The molecule has 2 aromatic rings. The van der Waals surface area contributed by atoms with Gasteiger partial charge in [0, 0.05) is 10.5 Å². The fourth-order valence-electron chi connectivity index (χ4n) is 2.70. The van der Waals surface area contributed by atoms with Crippen molar-refractivity contribution in [2.24, 2.45) is 5.84 Å². The number of anilines is 1. The zero-order valence-electron chi connectivity index (χ0n) is 9.49. The average molecular weight is 295 g/mol. The van der Waals surface area contributed by atoms with Crippen molar-refractivity contribution in [1.82, 2.24) is 9.55 Å². The number of nitrogen functional groups attached to an aromatic ring is 1. The molecule has 0 spiro atoms. The fourth-order valence-corrected chi connectivity index (χ4v) is 3.05. The molecule has 1 aliphatic rings. The Hall–Kier alpha value is -1.07. The van der Waals surface area contributed by atoms with E-state index in [0.717, 1.165) is 21.5 Å². The van der Waals surface area contributed by atoms with Gasteiger partial charge in [0.1, 0.15) is 0 Å². The SMILES string of the molecule is NNc1nc2ccc(Br)cc2n1C1CCCC1. The predicted octanol–water partition coefficient (Wildman–Crippen LogP) is 3.20. The van der Waals surface area contributed by atoms with Crippen LogP contribution in [0.3, 0.4) is 0 Å². The summed E-state index contributed by atoms with van der Waals surface area (Å²) in [5, 5.41) is 0. The number of hydrogen-bond donors (Lipinski definition) is 2. The van der Waals surface area contributed by atoms with Gasteiger partial charge in [-0.2, -0.15) is 0 Å². The first-order chi connectivity index (χ1) is 8.29. The Morgan fingerprint density at radius 3 is 2.82 bits per heavy atom. The Morgan fingerprint density at radius 2 is 2.12 bits per heavy atom. The fraction of sp³-hybridized carbons (Fsp3) is 0.417. The highest BCUT2D eigenvalue weighted by Crippen LogP contribution is 2.35. The van der Waals surface area contributed by atoms with Crippen molar-refractivity contribution in [2.45, 2.75) is 31.7 Å². The van der Waals surface area contributed by atoms with Crippen LogP contribution in [0.2, 0.25) is 0 Å². The molecule has 1 heterocycles. The molecule has 17 heavy (non-hydrogen) atoms. The van der Waals surface area contributed by atoms with Crippen LogP contribution in [0.15, 0.2) is 22.7 Å². The maximum atomic E-state index is 5.58.